The highest BCUT2D eigenvalue weighted by atomic mass is 19.1. The average molecular weight is 502 g/mol. The molecular weight excluding hydrogens is 473 g/mol. The van der Waals surface area contributed by atoms with Gasteiger partial charge >= 0.3 is 0 Å². The zero-order valence-corrected chi connectivity index (χ0v) is 20.6. The first kappa shape index (κ1) is 24.3. The second-order valence-electron chi connectivity index (χ2n) is 9.11. The van der Waals surface area contributed by atoms with Gasteiger partial charge in [0.15, 0.2) is 5.84 Å². The molecule has 4 aromatic rings. The van der Waals surface area contributed by atoms with E-state index in [1.807, 2.05) is 31.7 Å². The monoisotopic (exact) mass is 501 g/mol. The smallest absolute Gasteiger partial charge is 0.225 e. The summed E-state index contributed by atoms with van der Waals surface area (Å²) in [7, 11) is 1.88. The molecule has 1 aliphatic heterocycles. The molecule has 1 atom stereocenters. The third kappa shape index (κ3) is 4.98. The van der Waals surface area contributed by atoms with Gasteiger partial charge in [-0.25, -0.2) is 19.4 Å². The zero-order chi connectivity index (χ0) is 26.0. The minimum absolute atomic E-state index is 0.357. The topological polar surface area (TPSA) is 122 Å². The molecule has 3 N–H and O–H groups in total. The molecule has 0 amide bonds. The molecule has 0 saturated carbocycles. The lowest BCUT2D eigenvalue weighted by Crippen LogP contribution is -2.49. The van der Waals surface area contributed by atoms with Gasteiger partial charge < -0.3 is 19.9 Å². The van der Waals surface area contributed by atoms with Crippen LogP contribution < -0.4 is 4.90 Å². The SMILES string of the molecule is Cn1cc(-c2c[nH]c(/C(=N\C=N)N3CCN(c4ncc([C@](C)(O)c5ccc(F)cc5)cn4)CC3)c2)cn1. The number of hydrogen-bond acceptors (Lipinski definition) is 6. The number of nitrogens with one attached hydrogen (secondary N) is 2. The van der Waals surface area contributed by atoms with Crippen LogP contribution in [0.3, 0.4) is 0 Å². The molecule has 11 heteroatoms. The molecule has 1 fully saturated rings. The van der Waals surface area contributed by atoms with Gasteiger partial charge in [0.2, 0.25) is 5.95 Å². The van der Waals surface area contributed by atoms with Gasteiger partial charge in [-0.1, -0.05) is 12.1 Å². The van der Waals surface area contributed by atoms with Crippen molar-refractivity contribution in [3.63, 3.8) is 0 Å². The Kier molecular flexibility index (Phi) is 6.53. The number of anilines is 1. The zero-order valence-electron chi connectivity index (χ0n) is 20.6. The molecule has 1 aromatic carbocycles. The second kappa shape index (κ2) is 9.94. The second-order valence-corrected chi connectivity index (χ2v) is 9.11. The quantitative estimate of drug-likeness (QED) is 0.276. The van der Waals surface area contributed by atoms with Gasteiger partial charge in [-0.15, -0.1) is 0 Å². The van der Waals surface area contributed by atoms with Crippen LogP contribution in [0.15, 0.2) is 66.3 Å². The Morgan fingerprint density at radius 3 is 2.41 bits per heavy atom. The van der Waals surface area contributed by atoms with E-state index in [0.29, 0.717) is 49.1 Å². The summed E-state index contributed by atoms with van der Waals surface area (Å²) in [6, 6.07) is 7.77. The molecule has 0 spiro atoms. The predicted octanol–water partition coefficient (Wildman–Crippen LogP) is 2.78. The van der Waals surface area contributed by atoms with Gasteiger partial charge in [-0.2, -0.15) is 5.10 Å². The minimum atomic E-state index is -1.34. The van der Waals surface area contributed by atoms with Crippen molar-refractivity contribution in [1.82, 2.24) is 29.6 Å². The number of aromatic amines is 1. The number of hydrogen-bond donors (Lipinski definition) is 3. The third-order valence-electron chi connectivity index (χ3n) is 6.62. The lowest BCUT2D eigenvalue weighted by molar-refractivity contribution is 0.101. The lowest BCUT2D eigenvalue weighted by atomic mass is 9.90. The van der Waals surface area contributed by atoms with Crippen LogP contribution in [0.1, 0.15) is 23.7 Å². The van der Waals surface area contributed by atoms with Crippen LogP contribution in [0, 0.1) is 11.2 Å². The summed E-state index contributed by atoms with van der Waals surface area (Å²) in [5.74, 6) is 0.920. The van der Waals surface area contributed by atoms with Gasteiger partial charge in [0.05, 0.1) is 11.9 Å². The fraction of sp³-hybridized carbons (Fsp3) is 0.269. The number of nitrogens with zero attached hydrogens (tertiary/aromatic N) is 7. The van der Waals surface area contributed by atoms with E-state index in [4.69, 9.17) is 5.41 Å². The van der Waals surface area contributed by atoms with Crippen molar-refractivity contribution < 1.29 is 9.50 Å². The van der Waals surface area contributed by atoms with Crippen LogP contribution in [-0.4, -0.2) is 73.1 Å². The number of amidine groups is 1. The number of rotatable bonds is 6. The molecule has 0 unspecified atom stereocenters. The van der Waals surface area contributed by atoms with E-state index in [9.17, 15) is 9.50 Å². The summed E-state index contributed by atoms with van der Waals surface area (Å²) >= 11 is 0. The summed E-state index contributed by atoms with van der Waals surface area (Å²) in [6.07, 6.45) is 9.95. The summed E-state index contributed by atoms with van der Waals surface area (Å²) in [5.41, 5.74) is 2.59. The van der Waals surface area contributed by atoms with E-state index in [-0.39, 0.29) is 5.82 Å². The van der Waals surface area contributed by atoms with E-state index >= 15 is 0 Å². The van der Waals surface area contributed by atoms with Crippen molar-refractivity contribution in [3.8, 4) is 11.1 Å². The molecule has 1 aliphatic rings. The first-order valence-corrected chi connectivity index (χ1v) is 11.9. The van der Waals surface area contributed by atoms with Crippen LogP contribution in [0.2, 0.25) is 0 Å². The average Bonchev–Trinajstić information content (AvgIpc) is 3.57. The number of aliphatic imine (C=N–C) groups is 1. The Balaban J connectivity index is 1.26. The number of halogens is 1. The fourth-order valence-electron chi connectivity index (χ4n) is 4.44. The van der Waals surface area contributed by atoms with Crippen LogP contribution in [0.25, 0.3) is 11.1 Å². The molecule has 5 rings (SSSR count). The standard InChI is InChI=1S/C26H28FN9O/c1-26(37,20-3-5-22(27)6-4-20)21-14-30-25(31-15-21)36-9-7-35(8-10-36)24(32-17-28)23-11-18(12-29-23)19-13-33-34(2)16-19/h3-6,11-17,28-29,37H,7-10H2,1-2H3/b28-17?,32-24+/t26-/m1/s1. The number of aryl methyl sites for hydroxylation is 1. The number of H-pyrrole nitrogens is 1. The Morgan fingerprint density at radius 2 is 1.78 bits per heavy atom. The molecule has 0 radical (unpaired) electrons. The van der Waals surface area contributed by atoms with Crippen molar-refractivity contribution in [2.45, 2.75) is 12.5 Å². The third-order valence-corrected chi connectivity index (χ3v) is 6.62. The predicted molar refractivity (Wildman–Crippen MR) is 139 cm³/mol. The molecule has 4 heterocycles. The Labute approximate surface area is 213 Å². The van der Waals surface area contributed by atoms with Crippen molar-refractivity contribution >= 4 is 18.1 Å². The Morgan fingerprint density at radius 1 is 1.08 bits per heavy atom. The Bertz CT molecular complexity index is 1400. The minimum Gasteiger partial charge on any atom is -0.381 e. The number of benzene rings is 1. The van der Waals surface area contributed by atoms with Gasteiger partial charge in [-0.3, -0.25) is 10.1 Å². The van der Waals surface area contributed by atoms with Gasteiger partial charge in [0.25, 0.3) is 0 Å². The molecule has 10 nitrogen and oxygen atoms in total. The summed E-state index contributed by atoms with van der Waals surface area (Å²) < 4.78 is 15.0. The van der Waals surface area contributed by atoms with Gasteiger partial charge in [0.1, 0.15) is 17.8 Å². The van der Waals surface area contributed by atoms with E-state index in [2.05, 4.69) is 34.8 Å². The Hall–Kier alpha value is -4.38. The molecule has 3 aromatic heterocycles. The maximum Gasteiger partial charge on any atom is 0.225 e. The van der Waals surface area contributed by atoms with E-state index in [1.165, 1.54) is 12.1 Å². The first-order chi connectivity index (χ1) is 17.8. The van der Waals surface area contributed by atoms with Gasteiger partial charge in [0, 0.05) is 74.7 Å². The highest BCUT2D eigenvalue weighted by Gasteiger charge is 2.28. The largest absolute Gasteiger partial charge is 0.381 e. The van der Waals surface area contributed by atoms with E-state index < -0.39 is 5.60 Å². The number of aromatic nitrogens is 5. The van der Waals surface area contributed by atoms with Crippen molar-refractivity contribution in [1.29, 1.82) is 5.41 Å². The molecule has 37 heavy (non-hydrogen) atoms. The highest BCUT2D eigenvalue weighted by Crippen LogP contribution is 2.29. The van der Waals surface area contributed by atoms with Crippen molar-refractivity contribution in [3.05, 3.63) is 84.0 Å². The van der Waals surface area contributed by atoms with Crippen molar-refractivity contribution in [2.24, 2.45) is 12.0 Å². The van der Waals surface area contributed by atoms with Crippen LogP contribution >= 0.6 is 0 Å². The molecular formula is C26H28FN9O. The lowest BCUT2D eigenvalue weighted by Gasteiger charge is -2.36. The highest BCUT2D eigenvalue weighted by molar-refractivity contribution is 6.01. The van der Waals surface area contributed by atoms with Crippen LogP contribution in [-0.2, 0) is 12.6 Å². The van der Waals surface area contributed by atoms with Crippen molar-refractivity contribution in [2.75, 3.05) is 31.1 Å². The first-order valence-electron chi connectivity index (χ1n) is 11.9. The molecule has 0 aliphatic carbocycles. The number of piperazine rings is 1. The van der Waals surface area contributed by atoms with Crippen LogP contribution in [0.5, 0.6) is 0 Å². The summed E-state index contributed by atoms with van der Waals surface area (Å²) in [6.45, 7) is 4.32. The molecule has 190 valence electrons. The normalized spacial score (nSPS) is 16.1. The van der Waals surface area contributed by atoms with Gasteiger partial charge in [-0.05, 0) is 30.7 Å². The molecule has 0 bridgehead atoms. The summed E-state index contributed by atoms with van der Waals surface area (Å²) in [4.78, 5) is 20.8. The molecule has 1 saturated heterocycles. The van der Waals surface area contributed by atoms with Crippen LogP contribution in [0.4, 0.5) is 10.3 Å². The summed E-state index contributed by atoms with van der Waals surface area (Å²) in [5, 5.41) is 22.8. The number of aliphatic hydroxyl groups is 1. The fourth-order valence-corrected chi connectivity index (χ4v) is 4.44. The van der Waals surface area contributed by atoms with E-state index in [0.717, 1.165) is 23.2 Å². The maximum atomic E-state index is 13.3. The maximum absolute atomic E-state index is 13.3. The van der Waals surface area contributed by atoms with E-state index in [1.54, 1.807) is 36.1 Å².